The zero-order chi connectivity index (χ0) is 17.7. The lowest BCUT2D eigenvalue weighted by molar-refractivity contribution is -0.145. The van der Waals surface area contributed by atoms with Crippen molar-refractivity contribution in [1.29, 1.82) is 0 Å². The quantitative estimate of drug-likeness (QED) is 0.835. The van der Waals surface area contributed by atoms with E-state index in [2.05, 4.69) is 4.90 Å². The molecule has 3 amide bonds. The number of likely N-dealkylation sites (tertiary alicyclic amines) is 2. The summed E-state index contributed by atoms with van der Waals surface area (Å²) in [6.07, 6.45) is 9.39. The Morgan fingerprint density at radius 1 is 1.08 bits per heavy atom. The number of primary amides is 1. The number of amides is 3. The first-order valence-corrected chi connectivity index (χ1v) is 9.78. The van der Waals surface area contributed by atoms with Gasteiger partial charge in [-0.1, -0.05) is 12.8 Å². The number of hydrogen-bond donors (Lipinski definition) is 1. The van der Waals surface area contributed by atoms with Crippen molar-refractivity contribution in [1.82, 2.24) is 9.80 Å². The maximum atomic E-state index is 12.9. The molecule has 1 atom stereocenters. The number of rotatable bonds is 3. The van der Waals surface area contributed by atoms with E-state index >= 15 is 0 Å². The van der Waals surface area contributed by atoms with Gasteiger partial charge >= 0.3 is 0 Å². The van der Waals surface area contributed by atoms with Gasteiger partial charge in [-0.3, -0.25) is 14.4 Å². The normalized spacial score (nSPS) is 30.1. The molecule has 2 heterocycles. The fourth-order valence-corrected chi connectivity index (χ4v) is 5.59. The van der Waals surface area contributed by atoms with E-state index in [1.165, 1.54) is 25.7 Å². The minimum absolute atomic E-state index is 0.0216. The predicted octanol–water partition coefficient (Wildman–Crippen LogP) is 1.28. The smallest absolute Gasteiger partial charge is 0.237 e. The molecule has 0 aromatic carbocycles. The maximum absolute atomic E-state index is 12.9. The summed E-state index contributed by atoms with van der Waals surface area (Å²) in [5, 5.41) is 0. The van der Waals surface area contributed by atoms with Crippen LogP contribution in [0.4, 0.5) is 0 Å². The molecular formula is C19H29N3O3. The Balaban J connectivity index is 1.34. The third kappa shape index (κ3) is 3.04. The highest BCUT2D eigenvalue weighted by atomic mass is 16.2. The first kappa shape index (κ1) is 16.9. The van der Waals surface area contributed by atoms with Crippen molar-refractivity contribution >= 4 is 17.7 Å². The summed E-state index contributed by atoms with van der Waals surface area (Å²) in [6, 6.07) is 0. The zero-order valence-corrected chi connectivity index (χ0v) is 15.0. The molecule has 0 aromatic heterocycles. The highest BCUT2D eigenvalue weighted by molar-refractivity contribution is 5.84. The van der Waals surface area contributed by atoms with Gasteiger partial charge in [0.25, 0.3) is 0 Å². The average Bonchev–Trinajstić information content (AvgIpc) is 3.07. The Kier molecular flexibility index (Phi) is 4.04. The van der Waals surface area contributed by atoms with Gasteiger partial charge in [0.05, 0.1) is 6.54 Å². The molecule has 0 aromatic rings. The van der Waals surface area contributed by atoms with Crippen LogP contribution < -0.4 is 5.73 Å². The van der Waals surface area contributed by atoms with Crippen molar-refractivity contribution in [2.75, 3.05) is 26.2 Å². The molecule has 4 aliphatic rings. The van der Waals surface area contributed by atoms with Crippen molar-refractivity contribution in [3.8, 4) is 0 Å². The van der Waals surface area contributed by atoms with Crippen LogP contribution in [0.3, 0.4) is 0 Å². The number of carbonyl (C=O) groups is 3. The van der Waals surface area contributed by atoms with Gasteiger partial charge in [-0.25, -0.2) is 0 Å². The Morgan fingerprint density at radius 2 is 1.76 bits per heavy atom. The summed E-state index contributed by atoms with van der Waals surface area (Å²) >= 11 is 0. The van der Waals surface area contributed by atoms with Crippen LogP contribution in [0.1, 0.15) is 57.8 Å². The largest absolute Gasteiger partial charge is 0.368 e. The lowest BCUT2D eigenvalue weighted by Crippen LogP contribution is -2.54. The van der Waals surface area contributed by atoms with Gasteiger partial charge in [-0.15, -0.1) is 0 Å². The summed E-state index contributed by atoms with van der Waals surface area (Å²) in [5.74, 6) is 0.235. The van der Waals surface area contributed by atoms with Crippen molar-refractivity contribution < 1.29 is 14.4 Å². The van der Waals surface area contributed by atoms with Crippen LogP contribution in [-0.4, -0.2) is 53.7 Å². The summed E-state index contributed by atoms with van der Waals surface area (Å²) in [6.45, 7) is 2.23. The lowest BCUT2D eigenvalue weighted by Gasteiger charge is -2.47. The summed E-state index contributed by atoms with van der Waals surface area (Å²) in [5.41, 5.74) is 5.70. The van der Waals surface area contributed by atoms with E-state index in [1.54, 1.807) is 4.90 Å². The third-order valence-electron chi connectivity index (χ3n) is 7.32. The highest BCUT2D eigenvalue weighted by Gasteiger charge is 2.59. The van der Waals surface area contributed by atoms with Crippen LogP contribution in [0.25, 0.3) is 0 Å². The standard InChI is InChI=1S/C19H29N3O3/c20-15(23)12-22-13-18(6-3-16(22)24)7-9-21(10-8-18)17(25)14-11-19(14)4-1-2-5-19/h14H,1-13H2,(H2,20,23)/t14-/m0/s1. The van der Waals surface area contributed by atoms with Crippen molar-refractivity contribution in [2.24, 2.45) is 22.5 Å². The molecule has 0 bridgehead atoms. The van der Waals surface area contributed by atoms with E-state index in [4.69, 9.17) is 5.73 Å². The Hall–Kier alpha value is -1.59. The minimum atomic E-state index is -0.450. The predicted molar refractivity (Wildman–Crippen MR) is 92.3 cm³/mol. The molecule has 2 aliphatic carbocycles. The van der Waals surface area contributed by atoms with E-state index < -0.39 is 5.91 Å². The molecule has 6 heteroatoms. The van der Waals surface area contributed by atoms with E-state index in [9.17, 15) is 14.4 Å². The number of hydrogen-bond acceptors (Lipinski definition) is 3. The Morgan fingerprint density at radius 3 is 2.40 bits per heavy atom. The van der Waals surface area contributed by atoms with E-state index in [0.717, 1.165) is 38.8 Å². The topological polar surface area (TPSA) is 83.7 Å². The summed E-state index contributed by atoms with van der Waals surface area (Å²) < 4.78 is 0. The van der Waals surface area contributed by atoms with Crippen LogP contribution >= 0.6 is 0 Å². The van der Waals surface area contributed by atoms with Crippen molar-refractivity contribution in [3.05, 3.63) is 0 Å². The van der Waals surface area contributed by atoms with Crippen LogP contribution in [-0.2, 0) is 14.4 Å². The maximum Gasteiger partial charge on any atom is 0.237 e. The number of nitrogens with zero attached hydrogens (tertiary/aromatic N) is 2. The van der Waals surface area contributed by atoms with E-state index in [0.29, 0.717) is 24.3 Å². The molecule has 2 saturated carbocycles. The molecule has 25 heavy (non-hydrogen) atoms. The van der Waals surface area contributed by atoms with Crippen molar-refractivity contribution in [3.63, 3.8) is 0 Å². The van der Waals surface area contributed by atoms with Gasteiger partial charge in [0.2, 0.25) is 17.7 Å². The van der Waals surface area contributed by atoms with Crippen LogP contribution in [0.5, 0.6) is 0 Å². The van der Waals surface area contributed by atoms with Crippen molar-refractivity contribution in [2.45, 2.75) is 57.8 Å². The molecule has 2 spiro atoms. The van der Waals surface area contributed by atoms with Gasteiger partial charge in [0.1, 0.15) is 0 Å². The first-order chi connectivity index (χ1) is 11.9. The minimum Gasteiger partial charge on any atom is -0.368 e. The number of piperidine rings is 2. The van der Waals surface area contributed by atoms with Crippen LogP contribution in [0.2, 0.25) is 0 Å². The molecule has 4 rings (SSSR count). The second kappa shape index (κ2) is 5.99. The molecule has 0 radical (unpaired) electrons. The lowest BCUT2D eigenvalue weighted by atomic mass is 9.72. The van der Waals surface area contributed by atoms with Crippen LogP contribution in [0, 0.1) is 16.7 Å². The fraction of sp³-hybridized carbons (Fsp3) is 0.842. The number of nitrogens with two attached hydrogens (primary N) is 1. The number of carbonyl (C=O) groups excluding carboxylic acids is 3. The molecule has 0 unspecified atom stereocenters. The van der Waals surface area contributed by atoms with Gasteiger partial charge in [0.15, 0.2) is 0 Å². The first-order valence-electron chi connectivity index (χ1n) is 9.78. The van der Waals surface area contributed by atoms with Gasteiger partial charge < -0.3 is 15.5 Å². The van der Waals surface area contributed by atoms with Gasteiger partial charge in [-0.05, 0) is 49.4 Å². The molecule has 2 saturated heterocycles. The molecule has 2 N–H and O–H groups in total. The second-order valence-electron chi connectivity index (χ2n) is 8.87. The molecule has 2 aliphatic heterocycles. The Bertz CT molecular complexity index is 589. The van der Waals surface area contributed by atoms with Gasteiger partial charge in [-0.2, -0.15) is 0 Å². The highest BCUT2D eigenvalue weighted by Crippen LogP contribution is 2.63. The third-order valence-corrected chi connectivity index (χ3v) is 7.32. The monoisotopic (exact) mass is 347 g/mol. The fourth-order valence-electron chi connectivity index (χ4n) is 5.59. The summed E-state index contributed by atoms with van der Waals surface area (Å²) in [4.78, 5) is 39.8. The van der Waals surface area contributed by atoms with E-state index in [-0.39, 0.29) is 23.8 Å². The molecule has 6 nitrogen and oxygen atoms in total. The average molecular weight is 347 g/mol. The SMILES string of the molecule is NC(=O)CN1CC2(CCC1=O)CCN(C(=O)[C@@H]1CC13CCCC3)CC2. The van der Waals surface area contributed by atoms with Gasteiger partial charge in [0, 0.05) is 32.0 Å². The van der Waals surface area contributed by atoms with Crippen LogP contribution in [0.15, 0.2) is 0 Å². The Labute approximate surface area is 149 Å². The molecule has 4 fully saturated rings. The van der Waals surface area contributed by atoms with E-state index in [1.807, 2.05) is 0 Å². The zero-order valence-electron chi connectivity index (χ0n) is 15.0. The second-order valence-corrected chi connectivity index (χ2v) is 8.87. The molecule has 138 valence electrons. The summed E-state index contributed by atoms with van der Waals surface area (Å²) in [7, 11) is 0. The molecular weight excluding hydrogens is 318 g/mol.